The molecule has 0 amide bonds. The third kappa shape index (κ3) is 4.10. The molecule has 0 bridgehead atoms. The highest BCUT2D eigenvalue weighted by Crippen LogP contribution is 2.23. The largest absolute Gasteiger partial charge is 0.395 e. The molecular formula is C11H23NO. The zero-order chi connectivity index (χ0) is 9.68. The van der Waals surface area contributed by atoms with Crippen LogP contribution in [-0.2, 0) is 0 Å². The highest BCUT2D eigenvalue weighted by atomic mass is 16.3. The molecule has 78 valence electrons. The summed E-state index contributed by atoms with van der Waals surface area (Å²) in [5.41, 5.74) is 0. The molecule has 0 atom stereocenters. The second-order valence-electron chi connectivity index (χ2n) is 4.64. The van der Waals surface area contributed by atoms with Crippen molar-refractivity contribution >= 4 is 0 Å². The van der Waals surface area contributed by atoms with Gasteiger partial charge in [-0.3, -0.25) is 0 Å². The lowest BCUT2D eigenvalue weighted by molar-refractivity contribution is 0.139. The Labute approximate surface area is 81.9 Å². The van der Waals surface area contributed by atoms with E-state index >= 15 is 0 Å². The summed E-state index contributed by atoms with van der Waals surface area (Å²) >= 11 is 0. The summed E-state index contributed by atoms with van der Waals surface area (Å²) in [6.07, 6.45) is 4.04. The molecule has 1 N–H and O–H groups in total. The average molecular weight is 185 g/mol. The van der Waals surface area contributed by atoms with Gasteiger partial charge in [-0.1, -0.05) is 13.8 Å². The molecule has 2 heteroatoms. The van der Waals surface area contributed by atoms with E-state index in [2.05, 4.69) is 18.7 Å². The maximum Gasteiger partial charge on any atom is 0.0558 e. The summed E-state index contributed by atoms with van der Waals surface area (Å²) in [5.74, 6) is 1.78. The summed E-state index contributed by atoms with van der Waals surface area (Å²) in [6, 6.07) is 0. The molecule has 1 aliphatic heterocycles. The van der Waals surface area contributed by atoms with Crippen molar-refractivity contribution in [3.8, 4) is 0 Å². The SMILES string of the molecule is CC(C)CC1CCN(CCO)CC1. The van der Waals surface area contributed by atoms with Crippen LogP contribution in [0.3, 0.4) is 0 Å². The van der Waals surface area contributed by atoms with Gasteiger partial charge in [-0.15, -0.1) is 0 Å². The monoisotopic (exact) mass is 185 g/mol. The number of aliphatic hydroxyl groups is 1. The first kappa shape index (κ1) is 11.0. The maximum atomic E-state index is 8.79. The Morgan fingerprint density at radius 3 is 2.38 bits per heavy atom. The molecule has 1 aliphatic rings. The number of nitrogens with zero attached hydrogens (tertiary/aromatic N) is 1. The second-order valence-corrected chi connectivity index (χ2v) is 4.64. The molecule has 0 saturated carbocycles. The van der Waals surface area contributed by atoms with Crippen LogP contribution in [0.1, 0.15) is 33.1 Å². The number of hydrogen-bond acceptors (Lipinski definition) is 2. The minimum Gasteiger partial charge on any atom is -0.395 e. The van der Waals surface area contributed by atoms with Crippen molar-refractivity contribution in [3.63, 3.8) is 0 Å². The second kappa shape index (κ2) is 5.61. The Hall–Kier alpha value is -0.0800. The van der Waals surface area contributed by atoms with Gasteiger partial charge in [0.2, 0.25) is 0 Å². The van der Waals surface area contributed by atoms with E-state index in [1.165, 1.54) is 32.4 Å². The summed E-state index contributed by atoms with van der Waals surface area (Å²) in [6.45, 7) is 8.18. The Bertz CT molecular complexity index is 128. The predicted octanol–water partition coefficient (Wildman–Crippen LogP) is 1.74. The lowest BCUT2D eigenvalue weighted by Gasteiger charge is -2.32. The molecule has 0 unspecified atom stereocenters. The van der Waals surface area contributed by atoms with E-state index in [0.717, 1.165) is 18.4 Å². The van der Waals surface area contributed by atoms with Crippen molar-refractivity contribution in [2.75, 3.05) is 26.2 Å². The molecule has 0 aromatic carbocycles. The summed E-state index contributed by atoms with van der Waals surface area (Å²) < 4.78 is 0. The first-order chi connectivity index (χ1) is 6.22. The van der Waals surface area contributed by atoms with E-state index in [0.29, 0.717) is 6.61 Å². The van der Waals surface area contributed by atoms with Gasteiger partial charge in [-0.2, -0.15) is 0 Å². The molecule has 0 aromatic rings. The van der Waals surface area contributed by atoms with E-state index < -0.39 is 0 Å². The van der Waals surface area contributed by atoms with Crippen LogP contribution in [0.4, 0.5) is 0 Å². The molecule has 0 spiro atoms. The van der Waals surface area contributed by atoms with Gasteiger partial charge in [0.15, 0.2) is 0 Å². The zero-order valence-corrected chi connectivity index (χ0v) is 9.00. The molecule has 13 heavy (non-hydrogen) atoms. The van der Waals surface area contributed by atoms with Gasteiger partial charge < -0.3 is 10.0 Å². The van der Waals surface area contributed by atoms with Crippen LogP contribution in [0, 0.1) is 11.8 Å². The van der Waals surface area contributed by atoms with Gasteiger partial charge in [0.05, 0.1) is 6.61 Å². The molecule has 1 saturated heterocycles. The molecule has 1 fully saturated rings. The fourth-order valence-corrected chi connectivity index (χ4v) is 2.25. The highest BCUT2D eigenvalue weighted by molar-refractivity contribution is 4.72. The number of likely N-dealkylation sites (tertiary alicyclic amines) is 1. The fourth-order valence-electron chi connectivity index (χ4n) is 2.25. The maximum absolute atomic E-state index is 8.79. The van der Waals surface area contributed by atoms with Crippen LogP contribution in [0.25, 0.3) is 0 Å². The number of hydrogen-bond donors (Lipinski definition) is 1. The van der Waals surface area contributed by atoms with E-state index in [1.54, 1.807) is 0 Å². The molecule has 0 aromatic heterocycles. The van der Waals surface area contributed by atoms with Crippen LogP contribution >= 0.6 is 0 Å². The van der Waals surface area contributed by atoms with Crippen LogP contribution in [0.15, 0.2) is 0 Å². The van der Waals surface area contributed by atoms with Crippen LogP contribution in [-0.4, -0.2) is 36.2 Å². The number of rotatable bonds is 4. The summed E-state index contributed by atoms with van der Waals surface area (Å²) in [4.78, 5) is 2.37. The van der Waals surface area contributed by atoms with Crippen LogP contribution in [0.5, 0.6) is 0 Å². The van der Waals surface area contributed by atoms with E-state index in [-0.39, 0.29) is 0 Å². The first-order valence-corrected chi connectivity index (χ1v) is 5.55. The summed E-state index contributed by atoms with van der Waals surface area (Å²) in [7, 11) is 0. The van der Waals surface area contributed by atoms with E-state index in [9.17, 15) is 0 Å². The number of aliphatic hydroxyl groups excluding tert-OH is 1. The zero-order valence-electron chi connectivity index (χ0n) is 9.00. The standard InChI is InChI=1S/C11H23NO/c1-10(2)9-11-3-5-12(6-4-11)7-8-13/h10-11,13H,3-9H2,1-2H3. The lowest BCUT2D eigenvalue weighted by atomic mass is 9.89. The van der Waals surface area contributed by atoms with Gasteiger partial charge in [-0.05, 0) is 44.2 Å². The third-order valence-corrected chi connectivity index (χ3v) is 2.93. The minimum atomic E-state index is 0.314. The molecule has 0 aliphatic carbocycles. The Morgan fingerprint density at radius 1 is 1.31 bits per heavy atom. The van der Waals surface area contributed by atoms with Gasteiger partial charge >= 0.3 is 0 Å². The average Bonchev–Trinajstić information content (AvgIpc) is 2.08. The quantitative estimate of drug-likeness (QED) is 0.721. The normalized spacial score (nSPS) is 21.2. The smallest absolute Gasteiger partial charge is 0.0558 e. The van der Waals surface area contributed by atoms with Gasteiger partial charge in [0, 0.05) is 6.54 Å². The Morgan fingerprint density at radius 2 is 1.92 bits per heavy atom. The van der Waals surface area contributed by atoms with Crippen LogP contribution < -0.4 is 0 Å². The Kier molecular flexibility index (Phi) is 4.74. The molecule has 0 radical (unpaired) electrons. The van der Waals surface area contributed by atoms with Crippen molar-refractivity contribution in [2.45, 2.75) is 33.1 Å². The molecule has 1 heterocycles. The molecular weight excluding hydrogens is 162 g/mol. The van der Waals surface area contributed by atoms with Crippen molar-refractivity contribution < 1.29 is 5.11 Å². The van der Waals surface area contributed by atoms with E-state index in [4.69, 9.17) is 5.11 Å². The van der Waals surface area contributed by atoms with Gasteiger partial charge in [0.1, 0.15) is 0 Å². The van der Waals surface area contributed by atoms with Crippen molar-refractivity contribution in [1.29, 1.82) is 0 Å². The Balaban J connectivity index is 2.15. The lowest BCUT2D eigenvalue weighted by Crippen LogP contribution is -2.35. The van der Waals surface area contributed by atoms with E-state index in [1.807, 2.05) is 0 Å². The highest BCUT2D eigenvalue weighted by Gasteiger charge is 2.18. The minimum absolute atomic E-state index is 0.314. The fraction of sp³-hybridized carbons (Fsp3) is 1.00. The predicted molar refractivity (Wildman–Crippen MR) is 55.7 cm³/mol. The topological polar surface area (TPSA) is 23.5 Å². The van der Waals surface area contributed by atoms with Gasteiger partial charge in [0.25, 0.3) is 0 Å². The molecule has 1 rings (SSSR count). The first-order valence-electron chi connectivity index (χ1n) is 5.55. The van der Waals surface area contributed by atoms with Crippen molar-refractivity contribution in [3.05, 3.63) is 0 Å². The van der Waals surface area contributed by atoms with Crippen molar-refractivity contribution in [2.24, 2.45) is 11.8 Å². The van der Waals surface area contributed by atoms with Crippen LogP contribution in [0.2, 0.25) is 0 Å². The number of β-amino-alcohol motifs (C(OH)–C–C–N with tert-alkyl or cyclic N) is 1. The van der Waals surface area contributed by atoms with Gasteiger partial charge in [-0.25, -0.2) is 0 Å². The van der Waals surface area contributed by atoms with Crippen molar-refractivity contribution in [1.82, 2.24) is 4.90 Å². The third-order valence-electron chi connectivity index (χ3n) is 2.93. The summed E-state index contributed by atoms with van der Waals surface area (Å²) in [5, 5.41) is 8.79. The number of piperidine rings is 1. The molecule has 2 nitrogen and oxygen atoms in total.